The van der Waals surface area contributed by atoms with Crippen molar-refractivity contribution in [3.63, 3.8) is 0 Å². The first-order chi connectivity index (χ1) is 12.7. The summed E-state index contributed by atoms with van der Waals surface area (Å²) in [7, 11) is 0. The number of hydrogen-bond donors (Lipinski definition) is 2. The number of anilines is 1. The summed E-state index contributed by atoms with van der Waals surface area (Å²) in [4.78, 5) is 30.8. The molecule has 1 unspecified atom stereocenters. The van der Waals surface area contributed by atoms with Gasteiger partial charge in [0.1, 0.15) is 0 Å². The van der Waals surface area contributed by atoms with Crippen molar-refractivity contribution in [3.8, 4) is 11.4 Å². The average molecular weight is 348 g/mol. The fourth-order valence-corrected chi connectivity index (χ4v) is 3.07. The summed E-state index contributed by atoms with van der Waals surface area (Å²) in [6, 6.07) is 9.52. The predicted molar refractivity (Wildman–Crippen MR) is 98.9 cm³/mol. The Balaban J connectivity index is 1.41. The first kappa shape index (κ1) is 16.3. The third kappa shape index (κ3) is 3.42. The van der Waals surface area contributed by atoms with Crippen LogP contribution in [0, 0.1) is 6.92 Å². The number of H-pyrrole nitrogens is 1. The van der Waals surface area contributed by atoms with Gasteiger partial charge in [-0.3, -0.25) is 9.78 Å². The smallest absolute Gasteiger partial charge is 0.253 e. The number of nitrogens with zero attached hydrogens (tertiary/aromatic N) is 4. The van der Waals surface area contributed by atoms with E-state index in [1.807, 2.05) is 37.4 Å². The molecule has 0 saturated carbocycles. The van der Waals surface area contributed by atoms with Crippen LogP contribution in [-0.2, 0) is 0 Å². The molecule has 132 valence electrons. The number of aromatic amines is 1. The molecule has 7 heteroatoms. The van der Waals surface area contributed by atoms with Gasteiger partial charge in [-0.05, 0) is 43.7 Å². The van der Waals surface area contributed by atoms with Crippen LogP contribution < -0.4 is 10.2 Å². The van der Waals surface area contributed by atoms with Gasteiger partial charge in [0.2, 0.25) is 5.95 Å². The number of pyridine rings is 1. The molecule has 1 amide bonds. The van der Waals surface area contributed by atoms with Gasteiger partial charge >= 0.3 is 0 Å². The van der Waals surface area contributed by atoms with Crippen LogP contribution in [0.4, 0.5) is 5.95 Å². The minimum absolute atomic E-state index is 0.0709. The van der Waals surface area contributed by atoms with E-state index in [9.17, 15) is 4.79 Å². The molecule has 0 spiro atoms. The minimum atomic E-state index is -0.0922. The van der Waals surface area contributed by atoms with Crippen LogP contribution in [0.1, 0.15) is 22.5 Å². The van der Waals surface area contributed by atoms with Gasteiger partial charge in [0, 0.05) is 43.4 Å². The summed E-state index contributed by atoms with van der Waals surface area (Å²) in [5.74, 6) is 0.594. The molecule has 4 heterocycles. The van der Waals surface area contributed by atoms with E-state index in [0.29, 0.717) is 18.1 Å². The van der Waals surface area contributed by atoms with Crippen molar-refractivity contribution in [2.45, 2.75) is 19.4 Å². The number of hydrogen-bond acceptors (Lipinski definition) is 5. The van der Waals surface area contributed by atoms with Gasteiger partial charge in [0.05, 0.1) is 17.0 Å². The first-order valence-electron chi connectivity index (χ1n) is 8.64. The Morgan fingerprint density at radius 3 is 2.96 bits per heavy atom. The van der Waals surface area contributed by atoms with Crippen LogP contribution in [0.2, 0.25) is 0 Å². The summed E-state index contributed by atoms with van der Waals surface area (Å²) in [6.45, 7) is 3.41. The lowest BCUT2D eigenvalue weighted by Gasteiger charge is -2.17. The summed E-state index contributed by atoms with van der Waals surface area (Å²) >= 11 is 0. The monoisotopic (exact) mass is 348 g/mol. The highest BCUT2D eigenvalue weighted by atomic mass is 16.1. The zero-order valence-electron chi connectivity index (χ0n) is 14.5. The summed E-state index contributed by atoms with van der Waals surface area (Å²) in [6.07, 6.45) is 6.11. The molecule has 1 atom stereocenters. The molecule has 7 nitrogen and oxygen atoms in total. The Morgan fingerprint density at radius 1 is 1.27 bits per heavy atom. The minimum Gasteiger partial charge on any atom is -0.360 e. The molecule has 3 aromatic heterocycles. The van der Waals surface area contributed by atoms with E-state index in [0.717, 1.165) is 30.0 Å². The number of amides is 1. The van der Waals surface area contributed by atoms with Crippen molar-refractivity contribution in [1.82, 2.24) is 25.3 Å². The van der Waals surface area contributed by atoms with Crippen molar-refractivity contribution in [2.75, 3.05) is 18.0 Å². The second-order valence-electron chi connectivity index (χ2n) is 6.42. The molecule has 0 bridgehead atoms. The maximum Gasteiger partial charge on any atom is 0.253 e. The van der Waals surface area contributed by atoms with Gasteiger partial charge in [-0.15, -0.1) is 0 Å². The Morgan fingerprint density at radius 2 is 2.19 bits per heavy atom. The topological polar surface area (TPSA) is 86.8 Å². The Hall–Kier alpha value is -3.22. The second-order valence-corrected chi connectivity index (χ2v) is 6.42. The third-order valence-corrected chi connectivity index (χ3v) is 4.50. The van der Waals surface area contributed by atoms with Crippen LogP contribution >= 0.6 is 0 Å². The quantitative estimate of drug-likeness (QED) is 0.755. The lowest BCUT2D eigenvalue weighted by Crippen LogP contribution is -2.37. The molecule has 26 heavy (non-hydrogen) atoms. The lowest BCUT2D eigenvalue weighted by molar-refractivity contribution is 0.0940. The number of nitrogens with one attached hydrogen (secondary N) is 2. The number of carbonyl (C=O) groups is 1. The highest BCUT2D eigenvalue weighted by molar-refractivity contribution is 5.94. The second kappa shape index (κ2) is 6.95. The zero-order valence-corrected chi connectivity index (χ0v) is 14.5. The summed E-state index contributed by atoms with van der Waals surface area (Å²) in [5, 5.41) is 3.07. The van der Waals surface area contributed by atoms with Gasteiger partial charge in [0.25, 0.3) is 5.91 Å². The Bertz CT molecular complexity index is 891. The zero-order chi connectivity index (χ0) is 17.9. The van der Waals surface area contributed by atoms with E-state index in [1.165, 1.54) is 0 Å². The van der Waals surface area contributed by atoms with Crippen LogP contribution in [0.3, 0.4) is 0 Å². The molecule has 0 aliphatic carbocycles. The molecule has 2 N–H and O–H groups in total. The Labute approximate surface area is 151 Å². The predicted octanol–water partition coefficient (Wildman–Crippen LogP) is 2.18. The highest BCUT2D eigenvalue weighted by Crippen LogP contribution is 2.20. The van der Waals surface area contributed by atoms with Crippen molar-refractivity contribution in [2.24, 2.45) is 0 Å². The average Bonchev–Trinajstić information content (AvgIpc) is 3.34. The number of aryl methyl sites for hydroxylation is 1. The molecule has 1 saturated heterocycles. The molecule has 1 aliphatic rings. The maximum atomic E-state index is 12.4. The third-order valence-electron chi connectivity index (χ3n) is 4.50. The van der Waals surface area contributed by atoms with Crippen molar-refractivity contribution < 1.29 is 4.79 Å². The highest BCUT2D eigenvalue weighted by Gasteiger charge is 2.26. The maximum absolute atomic E-state index is 12.4. The number of rotatable bonds is 4. The van der Waals surface area contributed by atoms with Crippen LogP contribution in [0.25, 0.3) is 11.4 Å². The molecular weight excluding hydrogens is 328 g/mol. The molecule has 0 radical (unpaired) electrons. The molecule has 1 aliphatic heterocycles. The van der Waals surface area contributed by atoms with Crippen molar-refractivity contribution in [3.05, 3.63) is 60.2 Å². The molecule has 3 aromatic rings. The SMILES string of the molecule is Cc1ccc(C(=O)NC2CCN(c3nccc(-c4ccc[nH]4)n3)C2)cn1. The molecule has 0 aromatic carbocycles. The van der Waals surface area contributed by atoms with Gasteiger partial charge in [-0.1, -0.05) is 0 Å². The fraction of sp³-hybridized carbons (Fsp3) is 0.263. The number of carbonyl (C=O) groups excluding carboxylic acids is 1. The fourth-order valence-electron chi connectivity index (χ4n) is 3.07. The molecular formula is C19H20N6O. The normalized spacial score (nSPS) is 16.7. The molecule has 4 rings (SSSR count). The largest absolute Gasteiger partial charge is 0.360 e. The van der Waals surface area contributed by atoms with Crippen molar-refractivity contribution >= 4 is 11.9 Å². The summed E-state index contributed by atoms with van der Waals surface area (Å²) in [5.41, 5.74) is 3.30. The van der Waals surface area contributed by atoms with E-state index in [-0.39, 0.29) is 11.9 Å². The van der Waals surface area contributed by atoms with Gasteiger partial charge < -0.3 is 15.2 Å². The van der Waals surface area contributed by atoms with Gasteiger partial charge in [-0.25, -0.2) is 9.97 Å². The van der Waals surface area contributed by atoms with E-state index < -0.39 is 0 Å². The van der Waals surface area contributed by atoms with Gasteiger partial charge in [0.15, 0.2) is 0 Å². The van der Waals surface area contributed by atoms with Gasteiger partial charge in [-0.2, -0.15) is 0 Å². The van der Waals surface area contributed by atoms with E-state index >= 15 is 0 Å². The first-order valence-corrected chi connectivity index (χ1v) is 8.64. The van der Waals surface area contributed by atoms with Crippen LogP contribution in [0.15, 0.2) is 48.9 Å². The van der Waals surface area contributed by atoms with E-state index in [1.54, 1.807) is 18.5 Å². The lowest BCUT2D eigenvalue weighted by atomic mass is 10.2. The van der Waals surface area contributed by atoms with Crippen LogP contribution in [0.5, 0.6) is 0 Å². The molecule has 1 fully saturated rings. The summed E-state index contributed by atoms with van der Waals surface area (Å²) < 4.78 is 0. The standard InChI is InChI=1S/C19H20N6O/c1-13-4-5-14(11-22-13)18(26)23-15-7-10-25(12-15)19-21-9-6-17(24-19)16-3-2-8-20-16/h2-6,8-9,11,15,20H,7,10,12H2,1H3,(H,23,26). The number of aromatic nitrogens is 4. The van der Waals surface area contributed by atoms with Crippen molar-refractivity contribution in [1.29, 1.82) is 0 Å². The van der Waals surface area contributed by atoms with E-state index in [2.05, 4.69) is 30.2 Å². The Kier molecular flexibility index (Phi) is 4.35. The van der Waals surface area contributed by atoms with E-state index in [4.69, 9.17) is 0 Å². The van der Waals surface area contributed by atoms with Crippen LogP contribution in [-0.4, -0.2) is 45.0 Å².